The van der Waals surface area contributed by atoms with Crippen molar-refractivity contribution in [1.82, 2.24) is 4.90 Å². The maximum absolute atomic E-state index is 11.0. The Morgan fingerprint density at radius 3 is 2.69 bits per heavy atom. The number of carbonyl (C=O) groups is 1. The molecule has 0 amide bonds. The minimum absolute atomic E-state index is 0.144. The summed E-state index contributed by atoms with van der Waals surface area (Å²) in [4.78, 5) is 13.4. The van der Waals surface area contributed by atoms with Crippen molar-refractivity contribution in [2.75, 3.05) is 13.2 Å². The van der Waals surface area contributed by atoms with E-state index in [9.17, 15) is 4.79 Å². The molecular weight excluding hydrogens is 206 g/mol. The average molecular weight is 227 g/mol. The number of nitrogens with zero attached hydrogens (tertiary/aromatic N) is 1. The fourth-order valence-corrected chi connectivity index (χ4v) is 3.10. The van der Waals surface area contributed by atoms with E-state index >= 15 is 0 Å². The topological polar surface area (TPSA) is 60.8 Å². The van der Waals surface area contributed by atoms with Gasteiger partial charge in [-0.05, 0) is 45.1 Å². The van der Waals surface area contributed by atoms with E-state index in [1.807, 2.05) is 0 Å². The smallest absolute Gasteiger partial charge is 0.308 e. The van der Waals surface area contributed by atoms with Crippen LogP contribution in [0, 0.1) is 5.92 Å². The van der Waals surface area contributed by atoms with Crippen LogP contribution >= 0.6 is 0 Å². The fraction of sp³-hybridized carbons (Fsp3) is 0.917. The molecule has 3 atom stereocenters. The van der Waals surface area contributed by atoms with Gasteiger partial charge in [-0.15, -0.1) is 0 Å². The van der Waals surface area contributed by atoms with E-state index in [-0.39, 0.29) is 18.6 Å². The van der Waals surface area contributed by atoms with Gasteiger partial charge in [-0.2, -0.15) is 0 Å². The second-order valence-corrected chi connectivity index (χ2v) is 4.99. The molecule has 1 saturated heterocycles. The molecule has 1 heterocycles. The van der Waals surface area contributed by atoms with Crippen LogP contribution < -0.4 is 0 Å². The van der Waals surface area contributed by atoms with Crippen LogP contribution in [0.2, 0.25) is 0 Å². The summed E-state index contributed by atoms with van der Waals surface area (Å²) in [5, 5.41) is 17.9. The van der Waals surface area contributed by atoms with Crippen LogP contribution in [0.4, 0.5) is 0 Å². The number of carboxylic acids is 1. The molecule has 1 aliphatic heterocycles. The first-order valence-corrected chi connectivity index (χ1v) is 6.33. The second kappa shape index (κ2) is 5.15. The fourth-order valence-electron chi connectivity index (χ4n) is 3.10. The maximum atomic E-state index is 11.0. The summed E-state index contributed by atoms with van der Waals surface area (Å²) in [6.45, 7) is 1.29. The molecule has 2 aliphatic rings. The summed E-state index contributed by atoms with van der Waals surface area (Å²) in [6, 6.07) is 0.781. The van der Waals surface area contributed by atoms with Crippen LogP contribution in [0.5, 0.6) is 0 Å². The van der Waals surface area contributed by atoms with Crippen molar-refractivity contribution < 1.29 is 15.0 Å². The monoisotopic (exact) mass is 227 g/mol. The van der Waals surface area contributed by atoms with Gasteiger partial charge in [0.25, 0.3) is 0 Å². The van der Waals surface area contributed by atoms with E-state index < -0.39 is 5.97 Å². The highest BCUT2D eigenvalue weighted by Gasteiger charge is 2.43. The van der Waals surface area contributed by atoms with E-state index in [4.69, 9.17) is 10.2 Å². The first-order chi connectivity index (χ1) is 7.74. The molecule has 0 bridgehead atoms. The average Bonchev–Trinajstić information content (AvgIpc) is 2.60. The maximum Gasteiger partial charge on any atom is 0.308 e. The second-order valence-electron chi connectivity index (χ2n) is 4.99. The Balaban J connectivity index is 1.90. The van der Waals surface area contributed by atoms with Crippen LogP contribution in [-0.4, -0.2) is 46.3 Å². The summed E-state index contributed by atoms with van der Waals surface area (Å²) in [7, 11) is 0. The Bertz CT molecular complexity index is 257. The molecule has 0 aromatic carbocycles. The number of aliphatic hydroxyl groups is 1. The third kappa shape index (κ3) is 2.23. The van der Waals surface area contributed by atoms with Gasteiger partial charge in [-0.25, -0.2) is 0 Å². The third-order valence-corrected chi connectivity index (χ3v) is 4.10. The standard InChI is InChI=1S/C12H21NO3/c14-8-2-4-9-3-1-7-13(9)11-6-5-10(11)12(15)16/h9-11,14H,1-8H2,(H,15,16). The van der Waals surface area contributed by atoms with Crippen LogP contribution in [-0.2, 0) is 4.79 Å². The van der Waals surface area contributed by atoms with E-state index in [1.54, 1.807) is 0 Å². The molecule has 1 saturated carbocycles. The number of rotatable bonds is 5. The molecule has 0 radical (unpaired) electrons. The molecule has 2 fully saturated rings. The first kappa shape index (κ1) is 11.9. The Morgan fingerprint density at radius 2 is 2.12 bits per heavy atom. The Kier molecular flexibility index (Phi) is 3.82. The largest absolute Gasteiger partial charge is 0.481 e. The van der Waals surface area contributed by atoms with Crippen molar-refractivity contribution in [2.45, 2.75) is 50.6 Å². The van der Waals surface area contributed by atoms with Gasteiger partial charge in [0.15, 0.2) is 0 Å². The molecule has 92 valence electrons. The van der Waals surface area contributed by atoms with Gasteiger partial charge in [-0.1, -0.05) is 0 Å². The Labute approximate surface area is 96.3 Å². The van der Waals surface area contributed by atoms with Gasteiger partial charge in [0, 0.05) is 18.7 Å². The number of hydrogen-bond donors (Lipinski definition) is 2. The minimum atomic E-state index is -0.635. The third-order valence-electron chi connectivity index (χ3n) is 4.10. The zero-order valence-corrected chi connectivity index (χ0v) is 9.64. The Hall–Kier alpha value is -0.610. The molecule has 0 aromatic rings. The first-order valence-electron chi connectivity index (χ1n) is 6.33. The van der Waals surface area contributed by atoms with E-state index in [2.05, 4.69) is 4.90 Å². The van der Waals surface area contributed by atoms with Crippen molar-refractivity contribution in [3.05, 3.63) is 0 Å². The lowest BCUT2D eigenvalue weighted by atomic mass is 9.78. The molecule has 2 rings (SSSR count). The van der Waals surface area contributed by atoms with Crippen molar-refractivity contribution >= 4 is 5.97 Å². The molecule has 3 unspecified atom stereocenters. The lowest BCUT2D eigenvalue weighted by Crippen LogP contribution is -2.51. The quantitative estimate of drug-likeness (QED) is 0.738. The molecule has 1 aliphatic carbocycles. The van der Waals surface area contributed by atoms with Crippen LogP contribution in [0.1, 0.15) is 38.5 Å². The summed E-state index contributed by atoms with van der Waals surface area (Å²) in [5.41, 5.74) is 0. The summed E-state index contributed by atoms with van der Waals surface area (Å²) in [6.07, 6.45) is 6.07. The highest BCUT2D eigenvalue weighted by atomic mass is 16.4. The molecule has 4 heteroatoms. The summed E-state index contributed by atoms with van der Waals surface area (Å²) < 4.78 is 0. The van der Waals surface area contributed by atoms with Crippen molar-refractivity contribution in [3.63, 3.8) is 0 Å². The zero-order valence-electron chi connectivity index (χ0n) is 9.64. The normalized spacial score (nSPS) is 34.9. The van der Waals surface area contributed by atoms with Crippen molar-refractivity contribution in [1.29, 1.82) is 0 Å². The van der Waals surface area contributed by atoms with Crippen LogP contribution in [0.15, 0.2) is 0 Å². The molecule has 2 N–H and O–H groups in total. The van der Waals surface area contributed by atoms with Crippen molar-refractivity contribution in [3.8, 4) is 0 Å². The van der Waals surface area contributed by atoms with Gasteiger partial charge in [0.2, 0.25) is 0 Å². The number of aliphatic hydroxyl groups excluding tert-OH is 1. The van der Waals surface area contributed by atoms with Gasteiger partial charge in [-0.3, -0.25) is 9.69 Å². The van der Waals surface area contributed by atoms with E-state index in [0.29, 0.717) is 6.04 Å². The van der Waals surface area contributed by atoms with E-state index in [0.717, 1.165) is 32.2 Å². The number of hydrogen-bond acceptors (Lipinski definition) is 3. The molecule has 4 nitrogen and oxygen atoms in total. The molecular formula is C12H21NO3. The molecule has 0 aromatic heterocycles. The molecule has 0 spiro atoms. The van der Waals surface area contributed by atoms with Gasteiger partial charge >= 0.3 is 5.97 Å². The van der Waals surface area contributed by atoms with Gasteiger partial charge in [0.05, 0.1) is 5.92 Å². The predicted octanol–water partition coefficient (Wildman–Crippen LogP) is 1.09. The summed E-state index contributed by atoms with van der Waals surface area (Å²) in [5.74, 6) is -0.779. The zero-order chi connectivity index (χ0) is 11.5. The van der Waals surface area contributed by atoms with Crippen LogP contribution in [0.25, 0.3) is 0 Å². The Morgan fingerprint density at radius 1 is 1.31 bits per heavy atom. The van der Waals surface area contributed by atoms with Crippen LogP contribution in [0.3, 0.4) is 0 Å². The SMILES string of the molecule is O=C(O)C1CCC1N1CCCC1CCCO. The number of carboxylic acid groups (broad SMARTS) is 1. The lowest BCUT2D eigenvalue weighted by molar-refractivity contribution is -0.149. The van der Waals surface area contributed by atoms with E-state index in [1.165, 1.54) is 12.8 Å². The minimum Gasteiger partial charge on any atom is -0.481 e. The number of aliphatic carboxylic acids is 1. The van der Waals surface area contributed by atoms with Gasteiger partial charge in [0.1, 0.15) is 0 Å². The predicted molar refractivity (Wildman–Crippen MR) is 60.2 cm³/mol. The van der Waals surface area contributed by atoms with Crippen molar-refractivity contribution in [2.24, 2.45) is 5.92 Å². The molecule has 16 heavy (non-hydrogen) atoms. The summed E-state index contributed by atoms with van der Waals surface area (Å²) >= 11 is 0. The highest BCUT2D eigenvalue weighted by molar-refractivity contribution is 5.72. The van der Waals surface area contributed by atoms with Gasteiger partial charge < -0.3 is 10.2 Å². The number of likely N-dealkylation sites (tertiary alicyclic amines) is 1. The lowest BCUT2D eigenvalue weighted by Gasteiger charge is -2.43. The highest BCUT2D eigenvalue weighted by Crippen LogP contribution is 2.37.